The van der Waals surface area contributed by atoms with Gasteiger partial charge >= 0.3 is 35.8 Å². The van der Waals surface area contributed by atoms with Gasteiger partial charge in [-0.2, -0.15) is 57.1 Å². The van der Waals surface area contributed by atoms with Crippen LogP contribution in [0.1, 0.15) is 12.8 Å². The van der Waals surface area contributed by atoms with E-state index in [1.807, 2.05) is 12.1 Å². The summed E-state index contributed by atoms with van der Waals surface area (Å²) in [7, 11) is 0. The Morgan fingerprint density at radius 2 is 1.11 bits per heavy atom. The monoisotopic (exact) mass is 594 g/mol. The van der Waals surface area contributed by atoms with Gasteiger partial charge in [-0.3, -0.25) is 4.79 Å². The van der Waals surface area contributed by atoms with Crippen LogP contribution in [0, 0.1) is 0 Å². The van der Waals surface area contributed by atoms with Crippen molar-refractivity contribution in [1.82, 2.24) is 0 Å². The predicted molar refractivity (Wildman–Crippen MR) is 94.9 cm³/mol. The van der Waals surface area contributed by atoms with Gasteiger partial charge in [-0.15, -0.1) is 0 Å². The molecule has 224 valence electrons. The predicted octanol–water partition coefficient (Wildman–Crippen LogP) is 2.79. The number of hydrogen-bond acceptors (Lipinski definition) is 7. The molecule has 0 fully saturated rings. The van der Waals surface area contributed by atoms with Crippen LogP contribution in [0.3, 0.4) is 0 Å². The highest BCUT2D eigenvalue weighted by Gasteiger charge is 2.90. The number of carbonyl (C=O) groups is 1. The lowest BCUT2D eigenvalue weighted by Gasteiger charge is -2.39. The Kier molecular flexibility index (Phi) is 11.6. The maximum absolute atomic E-state index is 13.6. The van der Waals surface area contributed by atoms with E-state index in [9.17, 15) is 77.2 Å². The average molecular weight is 594 g/mol. The summed E-state index contributed by atoms with van der Waals surface area (Å²) in [6.07, 6.45) is -20.0. The fraction of sp³-hybridized carbons (Fsp3) is 0.722. The second kappa shape index (κ2) is 12.3. The largest absolute Gasteiger partial charge is 0.473 e. The lowest BCUT2D eigenvalue weighted by atomic mass is 9.90. The standard InChI is InChI=1S/C14H15F13O6.C4H4O/c15-9(16,2-1-4(29)6(31)8(33)7(32)5(30)3-28)10(17,18)11(19,20)12(21,22)13(23,24)14(25,26)27;1-2-4-5-3-1/h5-8,28,30-33H,1-3H2;1-4H. The molecule has 1 rings (SSSR count). The molecule has 1 aromatic heterocycles. The minimum absolute atomic E-state index is 1.30. The molecule has 5 N–H and O–H groups in total. The molecule has 7 nitrogen and oxygen atoms in total. The molecule has 0 radical (unpaired) electrons. The topological polar surface area (TPSA) is 131 Å². The number of carbonyl (C=O) groups excluding carboxylic acids is 1. The third kappa shape index (κ3) is 7.07. The third-order valence-corrected chi connectivity index (χ3v) is 4.69. The van der Waals surface area contributed by atoms with Gasteiger partial charge in [-0.1, -0.05) is 0 Å². The number of aliphatic hydroxyl groups is 5. The summed E-state index contributed by atoms with van der Waals surface area (Å²) >= 11 is 0. The summed E-state index contributed by atoms with van der Waals surface area (Å²) in [4.78, 5) is 11.5. The normalized spacial score (nSPS) is 17.2. The van der Waals surface area contributed by atoms with Crippen LogP contribution >= 0.6 is 0 Å². The highest BCUT2D eigenvalue weighted by atomic mass is 19.4. The van der Waals surface area contributed by atoms with E-state index in [-0.39, 0.29) is 0 Å². The molecule has 0 aliphatic carbocycles. The molecule has 4 unspecified atom stereocenters. The number of rotatable bonds is 12. The Balaban J connectivity index is 0.00000242. The maximum Gasteiger partial charge on any atom is 0.460 e. The van der Waals surface area contributed by atoms with Gasteiger partial charge in [0.15, 0.2) is 5.78 Å². The number of Topliss-reactive ketones (excluding diaryl/α,β-unsaturated/α-hetero) is 1. The Bertz CT molecular complexity index is 842. The fourth-order valence-corrected chi connectivity index (χ4v) is 2.33. The Labute approximate surface area is 203 Å². The number of furan rings is 1. The molecule has 1 heterocycles. The van der Waals surface area contributed by atoms with Gasteiger partial charge in [0.05, 0.1) is 19.1 Å². The van der Waals surface area contributed by atoms with Gasteiger partial charge in [0.2, 0.25) is 0 Å². The molecule has 0 aliphatic rings. The van der Waals surface area contributed by atoms with E-state index < -0.39 is 85.4 Å². The van der Waals surface area contributed by atoms with Crippen molar-refractivity contribution in [2.75, 3.05) is 6.61 Å². The van der Waals surface area contributed by atoms with E-state index in [2.05, 4.69) is 4.42 Å². The molecule has 0 saturated heterocycles. The molecule has 0 amide bonds. The van der Waals surface area contributed by atoms with Crippen molar-refractivity contribution < 1.29 is 91.8 Å². The molecule has 0 bridgehead atoms. The van der Waals surface area contributed by atoms with Crippen LogP contribution in [0.5, 0.6) is 0 Å². The van der Waals surface area contributed by atoms with Gasteiger partial charge in [-0.25, -0.2) is 0 Å². The zero-order valence-corrected chi connectivity index (χ0v) is 18.2. The van der Waals surface area contributed by atoms with Gasteiger partial charge in [0.1, 0.15) is 24.4 Å². The summed E-state index contributed by atoms with van der Waals surface area (Å²) in [5.41, 5.74) is 0. The number of hydrogen-bond donors (Lipinski definition) is 5. The highest BCUT2D eigenvalue weighted by Crippen LogP contribution is 2.60. The van der Waals surface area contributed by atoms with E-state index in [1.54, 1.807) is 12.5 Å². The summed E-state index contributed by atoms with van der Waals surface area (Å²) in [5.74, 6) is -40.4. The van der Waals surface area contributed by atoms with E-state index in [0.29, 0.717) is 0 Å². The van der Waals surface area contributed by atoms with E-state index in [0.717, 1.165) is 0 Å². The van der Waals surface area contributed by atoms with Gasteiger partial charge in [0, 0.05) is 12.8 Å². The van der Waals surface area contributed by atoms with Gasteiger partial charge in [0.25, 0.3) is 0 Å². The van der Waals surface area contributed by atoms with Crippen molar-refractivity contribution in [2.45, 2.75) is 73.0 Å². The summed E-state index contributed by atoms with van der Waals surface area (Å²) in [6.45, 7) is -1.30. The Hall–Kier alpha value is -2.16. The molecule has 38 heavy (non-hydrogen) atoms. The van der Waals surface area contributed by atoms with Gasteiger partial charge in [-0.05, 0) is 12.1 Å². The first kappa shape index (κ1) is 35.8. The number of alkyl halides is 13. The first-order valence-electron chi connectivity index (χ1n) is 9.64. The van der Waals surface area contributed by atoms with Crippen LogP contribution in [0.4, 0.5) is 57.1 Å². The van der Waals surface area contributed by atoms with Crippen LogP contribution in [0.15, 0.2) is 29.1 Å². The van der Waals surface area contributed by atoms with E-state index in [4.69, 9.17) is 10.2 Å². The first-order valence-corrected chi connectivity index (χ1v) is 9.64. The van der Waals surface area contributed by atoms with Crippen molar-refractivity contribution in [2.24, 2.45) is 0 Å². The molecule has 0 saturated carbocycles. The van der Waals surface area contributed by atoms with Crippen LogP contribution in [-0.2, 0) is 4.79 Å². The molecular weight excluding hydrogens is 575 g/mol. The summed E-state index contributed by atoms with van der Waals surface area (Å²) < 4.78 is 173. The fourth-order valence-electron chi connectivity index (χ4n) is 2.33. The van der Waals surface area contributed by atoms with Gasteiger partial charge < -0.3 is 29.9 Å². The summed E-state index contributed by atoms with van der Waals surface area (Å²) in [6, 6.07) is 3.67. The van der Waals surface area contributed by atoms with Crippen LogP contribution in [0.2, 0.25) is 0 Å². The molecule has 1 aromatic rings. The molecule has 0 aliphatic heterocycles. The SMILES string of the molecule is O=C(CCC(F)(F)C(F)(F)C(F)(F)C(F)(F)C(F)(F)C(F)(F)F)C(O)C(O)C(O)C(O)CO.c1ccoc1. The number of ketones is 1. The zero-order valence-electron chi connectivity index (χ0n) is 18.2. The molecule has 0 aromatic carbocycles. The van der Waals surface area contributed by atoms with Crippen molar-refractivity contribution in [3.8, 4) is 0 Å². The highest BCUT2D eigenvalue weighted by molar-refractivity contribution is 5.83. The van der Waals surface area contributed by atoms with Crippen molar-refractivity contribution >= 4 is 5.78 Å². The smallest absolute Gasteiger partial charge is 0.460 e. The van der Waals surface area contributed by atoms with Crippen molar-refractivity contribution in [3.05, 3.63) is 24.7 Å². The molecule has 0 spiro atoms. The average Bonchev–Trinajstić information content (AvgIpc) is 3.39. The Morgan fingerprint density at radius 3 is 1.45 bits per heavy atom. The molecular formula is C18H19F13O7. The second-order valence-electron chi connectivity index (χ2n) is 7.44. The summed E-state index contributed by atoms with van der Waals surface area (Å²) in [5, 5.41) is 45.3. The minimum Gasteiger partial charge on any atom is -0.473 e. The quantitative estimate of drug-likeness (QED) is 0.235. The number of halogens is 13. The minimum atomic E-state index is -8.10. The van der Waals surface area contributed by atoms with Crippen LogP contribution < -0.4 is 0 Å². The van der Waals surface area contributed by atoms with E-state index >= 15 is 0 Å². The van der Waals surface area contributed by atoms with Crippen molar-refractivity contribution in [3.63, 3.8) is 0 Å². The van der Waals surface area contributed by atoms with Crippen LogP contribution in [0.25, 0.3) is 0 Å². The Morgan fingerprint density at radius 1 is 0.684 bits per heavy atom. The van der Waals surface area contributed by atoms with Crippen LogP contribution in [-0.4, -0.2) is 98.1 Å². The molecule has 4 atom stereocenters. The maximum atomic E-state index is 13.6. The van der Waals surface area contributed by atoms with E-state index in [1.165, 1.54) is 0 Å². The molecule has 20 heteroatoms. The number of aliphatic hydroxyl groups excluding tert-OH is 5. The lowest BCUT2D eigenvalue weighted by Crippen LogP contribution is -2.70. The zero-order chi connectivity index (χ0) is 30.5. The lowest BCUT2D eigenvalue weighted by molar-refractivity contribution is -0.440. The third-order valence-electron chi connectivity index (χ3n) is 4.69. The van der Waals surface area contributed by atoms with Crippen molar-refractivity contribution in [1.29, 1.82) is 0 Å². The second-order valence-corrected chi connectivity index (χ2v) is 7.44. The first-order chi connectivity index (χ1) is 16.8.